The fourth-order valence-electron chi connectivity index (χ4n) is 1.70. The molecule has 0 fully saturated rings. The summed E-state index contributed by atoms with van der Waals surface area (Å²) in [6.07, 6.45) is 1.66. The Morgan fingerprint density at radius 1 is 1.06 bits per heavy atom. The average molecular weight is 242 g/mol. The normalized spacial score (nSPS) is 10.8. The number of fused-ring (bicyclic) bond motifs is 1. The molecule has 2 aromatic heterocycles. The molecule has 0 unspecified atom stereocenters. The second-order valence-electron chi connectivity index (χ2n) is 3.71. The number of nitrogens with two attached hydrogens (primary N) is 2. The molecule has 5 heteroatoms. The van der Waals surface area contributed by atoms with Crippen LogP contribution in [0.2, 0.25) is 0 Å². The van der Waals surface area contributed by atoms with E-state index in [9.17, 15) is 0 Å². The Morgan fingerprint density at radius 2 is 1.94 bits per heavy atom. The maximum absolute atomic E-state index is 5.75. The summed E-state index contributed by atoms with van der Waals surface area (Å²) in [4.78, 5) is 9.16. The summed E-state index contributed by atoms with van der Waals surface area (Å²) in [5.41, 5.74) is 12.9. The Balaban J connectivity index is 2.18. The van der Waals surface area contributed by atoms with Crippen LogP contribution in [0.1, 0.15) is 0 Å². The van der Waals surface area contributed by atoms with Crippen molar-refractivity contribution in [1.29, 1.82) is 0 Å². The van der Waals surface area contributed by atoms with Crippen molar-refractivity contribution in [2.24, 2.45) is 0 Å². The van der Waals surface area contributed by atoms with E-state index in [-0.39, 0.29) is 0 Å². The van der Waals surface area contributed by atoms with Gasteiger partial charge in [-0.2, -0.15) is 0 Å². The molecule has 0 amide bonds. The number of nitrogens with zero attached hydrogens (tertiary/aromatic N) is 2. The summed E-state index contributed by atoms with van der Waals surface area (Å²) in [5, 5.41) is 1.13. The summed E-state index contributed by atoms with van der Waals surface area (Å²) >= 11 is 1.67. The highest BCUT2D eigenvalue weighted by molar-refractivity contribution is 7.22. The molecule has 4 N–H and O–H groups in total. The zero-order valence-corrected chi connectivity index (χ0v) is 9.74. The van der Waals surface area contributed by atoms with Gasteiger partial charge in [0.1, 0.15) is 0 Å². The van der Waals surface area contributed by atoms with E-state index in [0.29, 0.717) is 5.95 Å². The minimum absolute atomic E-state index is 0.291. The first-order valence-corrected chi connectivity index (χ1v) is 5.92. The predicted molar refractivity (Wildman–Crippen MR) is 71.7 cm³/mol. The first-order valence-electron chi connectivity index (χ1n) is 5.10. The lowest BCUT2D eigenvalue weighted by molar-refractivity contribution is 1.19. The zero-order chi connectivity index (χ0) is 11.8. The van der Waals surface area contributed by atoms with Crippen LogP contribution in [0.15, 0.2) is 36.5 Å². The minimum Gasteiger partial charge on any atom is -0.399 e. The minimum atomic E-state index is 0.291. The standard InChI is InChI=1S/C12H10N4S/c13-8-1-2-10-7(5-8)6-11(17-10)9-3-4-15-12(14)16-9/h1-6H,13H2,(H2,14,15,16). The molecular weight excluding hydrogens is 232 g/mol. The lowest BCUT2D eigenvalue weighted by Gasteiger charge is -1.95. The van der Waals surface area contributed by atoms with Gasteiger partial charge in [0.25, 0.3) is 0 Å². The third-order valence-corrected chi connectivity index (χ3v) is 3.61. The van der Waals surface area contributed by atoms with Gasteiger partial charge in [0.2, 0.25) is 5.95 Å². The predicted octanol–water partition coefficient (Wildman–Crippen LogP) is 2.52. The summed E-state index contributed by atoms with van der Waals surface area (Å²) in [5.74, 6) is 0.291. The van der Waals surface area contributed by atoms with Gasteiger partial charge in [-0.1, -0.05) is 0 Å². The van der Waals surface area contributed by atoms with Crippen LogP contribution in [0.5, 0.6) is 0 Å². The number of thiophene rings is 1. The van der Waals surface area contributed by atoms with Crippen molar-refractivity contribution >= 4 is 33.1 Å². The van der Waals surface area contributed by atoms with Gasteiger partial charge in [-0.25, -0.2) is 9.97 Å². The van der Waals surface area contributed by atoms with Crippen molar-refractivity contribution in [1.82, 2.24) is 9.97 Å². The first kappa shape index (κ1) is 10.0. The molecule has 3 rings (SSSR count). The van der Waals surface area contributed by atoms with Gasteiger partial charge in [0.15, 0.2) is 0 Å². The van der Waals surface area contributed by atoms with Crippen LogP contribution in [0.3, 0.4) is 0 Å². The Morgan fingerprint density at radius 3 is 2.76 bits per heavy atom. The van der Waals surface area contributed by atoms with Crippen LogP contribution in [-0.2, 0) is 0 Å². The van der Waals surface area contributed by atoms with Crippen LogP contribution >= 0.6 is 11.3 Å². The molecule has 0 saturated carbocycles. The average Bonchev–Trinajstić information content (AvgIpc) is 2.72. The molecule has 84 valence electrons. The zero-order valence-electron chi connectivity index (χ0n) is 8.92. The molecule has 0 atom stereocenters. The molecular formula is C12H10N4S. The smallest absolute Gasteiger partial charge is 0.220 e. The van der Waals surface area contributed by atoms with E-state index in [4.69, 9.17) is 11.5 Å². The number of hydrogen-bond acceptors (Lipinski definition) is 5. The van der Waals surface area contributed by atoms with Crippen LogP contribution in [0, 0.1) is 0 Å². The molecule has 0 aliphatic rings. The molecule has 1 aromatic carbocycles. The van der Waals surface area contributed by atoms with E-state index in [1.807, 2.05) is 24.3 Å². The van der Waals surface area contributed by atoms with Gasteiger partial charge in [-0.15, -0.1) is 11.3 Å². The lowest BCUT2D eigenvalue weighted by atomic mass is 10.2. The van der Waals surface area contributed by atoms with Gasteiger partial charge >= 0.3 is 0 Å². The molecule has 0 aliphatic carbocycles. The topological polar surface area (TPSA) is 77.8 Å². The quantitative estimate of drug-likeness (QED) is 0.643. The maximum Gasteiger partial charge on any atom is 0.220 e. The summed E-state index contributed by atoms with van der Waals surface area (Å²) in [6.45, 7) is 0. The number of benzene rings is 1. The monoisotopic (exact) mass is 242 g/mol. The Hall–Kier alpha value is -2.14. The Bertz CT molecular complexity index is 690. The van der Waals surface area contributed by atoms with Crippen LogP contribution in [-0.4, -0.2) is 9.97 Å². The van der Waals surface area contributed by atoms with Crippen molar-refractivity contribution in [3.8, 4) is 10.6 Å². The summed E-state index contributed by atoms with van der Waals surface area (Å²) in [7, 11) is 0. The molecule has 17 heavy (non-hydrogen) atoms. The highest BCUT2D eigenvalue weighted by Gasteiger charge is 2.06. The number of nitrogen functional groups attached to an aromatic ring is 2. The second-order valence-corrected chi connectivity index (χ2v) is 4.79. The highest BCUT2D eigenvalue weighted by atomic mass is 32.1. The SMILES string of the molecule is Nc1ccc2sc(-c3ccnc(N)n3)cc2c1. The number of aromatic nitrogens is 2. The largest absolute Gasteiger partial charge is 0.399 e. The van der Waals surface area contributed by atoms with Gasteiger partial charge in [-0.3, -0.25) is 0 Å². The molecule has 0 saturated heterocycles. The molecule has 0 aliphatic heterocycles. The molecule has 3 aromatic rings. The Labute approximate surface area is 102 Å². The van der Waals surface area contributed by atoms with Crippen molar-refractivity contribution in [3.63, 3.8) is 0 Å². The first-order chi connectivity index (χ1) is 8.22. The molecule has 0 radical (unpaired) electrons. The van der Waals surface area contributed by atoms with Crippen molar-refractivity contribution < 1.29 is 0 Å². The third-order valence-electron chi connectivity index (χ3n) is 2.47. The van der Waals surface area contributed by atoms with E-state index in [2.05, 4.69) is 16.0 Å². The van der Waals surface area contributed by atoms with Crippen LogP contribution < -0.4 is 11.5 Å². The van der Waals surface area contributed by atoms with E-state index in [0.717, 1.165) is 21.6 Å². The fourth-order valence-corrected chi connectivity index (χ4v) is 2.71. The summed E-state index contributed by atoms with van der Waals surface area (Å²) < 4.78 is 1.19. The van der Waals surface area contributed by atoms with Gasteiger partial charge in [0, 0.05) is 16.6 Å². The molecule has 0 spiro atoms. The van der Waals surface area contributed by atoms with Crippen LogP contribution in [0.25, 0.3) is 20.7 Å². The van der Waals surface area contributed by atoms with Crippen molar-refractivity contribution in [2.75, 3.05) is 11.5 Å². The van der Waals surface area contributed by atoms with E-state index in [1.165, 1.54) is 4.70 Å². The molecule has 2 heterocycles. The van der Waals surface area contributed by atoms with E-state index < -0.39 is 0 Å². The highest BCUT2D eigenvalue weighted by Crippen LogP contribution is 2.33. The maximum atomic E-state index is 5.75. The number of rotatable bonds is 1. The van der Waals surface area contributed by atoms with Gasteiger partial charge < -0.3 is 11.5 Å². The van der Waals surface area contributed by atoms with Crippen molar-refractivity contribution in [2.45, 2.75) is 0 Å². The summed E-state index contributed by atoms with van der Waals surface area (Å²) in [6, 6.07) is 9.79. The van der Waals surface area contributed by atoms with Crippen molar-refractivity contribution in [3.05, 3.63) is 36.5 Å². The number of hydrogen-bond donors (Lipinski definition) is 2. The molecule has 0 bridgehead atoms. The van der Waals surface area contributed by atoms with Gasteiger partial charge in [-0.05, 0) is 35.7 Å². The van der Waals surface area contributed by atoms with Gasteiger partial charge in [0.05, 0.1) is 10.6 Å². The number of anilines is 2. The molecule has 4 nitrogen and oxygen atoms in total. The van der Waals surface area contributed by atoms with E-state index in [1.54, 1.807) is 17.5 Å². The van der Waals surface area contributed by atoms with E-state index >= 15 is 0 Å². The second kappa shape index (κ2) is 3.71. The third kappa shape index (κ3) is 1.81. The Kier molecular flexibility index (Phi) is 2.19. The lowest BCUT2D eigenvalue weighted by Crippen LogP contribution is -1.93. The fraction of sp³-hybridized carbons (Fsp3) is 0. The van der Waals surface area contributed by atoms with Crippen LogP contribution in [0.4, 0.5) is 11.6 Å².